The Morgan fingerprint density at radius 3 is 2.71 bits per heavy atom. The van der Waals surface area contributed by atoms with Gasteiger partial charge in [-0.15, -0.1) is 0 Å². The van der Waals surface area contributed by atoms with E-state index in [2.05, 4.69) is 15.3 Å². The number of piperidine rings is 1. The summed E-state index contributed by atoms with van der Waals surface area (Å²) in [5, 5.41) is 3.01. The quantitative estimate of drug-likeness (QED) is 0.728. The number of amides is 1. The Bertz CT molecular complexity index is 1080. The highest BCUT2D eigenvalue weighted by Crippen LogP contribution is 2.30. The molecule has 1 fully saturated rings. The summed E-state index contributed by atoms with van der Waals surface area (Å²) in [6.07, 6.45) is 1.42. The molecule has 1 atom stereocenters. The van der Waals surface area contributed by atoms with Crippen LogP contribution in [0.15, 0.2) is 29.2 Å². The first-order valence-electron chi connectivity index (χ1n) is 10.2. The molecule has 1 aromatic heterocycles. The summed E-state index contributed by atoms with van der Waals surface area (Å²) in [5.41, 5.74) is 1.06. The number of aromatic nitrogens is 2. The number of nitrogens with one attached hydrogen (secondary N) is 1. The lowest BCUT2D eigenvalue weighted by Gasteiger charge is -2.32. The van der Waals surface area contributed by atoms with Gasteiger partial charge in [-0.25, -0.2) is 22.8 Å². The van der Waals surface area contributed by atoms with Crippen molar-refractivity contribution >= 4 is 21.7 Å². The highest BCUT2D eigenvalue weighted by molar-refractivity contribution is 7.89. The molecule has 1 N–H and O–H groups in total. The van der Waals surface area contributed by atoms with Crippen molar-refractivity contribution in [3.63, 3.8) is 0 Å². The van der Waals surface area contributed by atoms with Crippen LogP contribution in [-0.4, -0.2) is 60.7 Å². The van der Waals surface area contributed by atoms with E-state index >= 15 is 0 Å². The van der Waals surface area contributed by atoms with Gasteiger partial charge in [0.1, 0.15) is 17.5 Å². The topological polar surface area (TPSA) is 95.5 Å². The van der Waals surface area contributed by atoms with Gasteiger partial charge < -0.3 is 10.2 Å². The molecule has 8 nitrogen and oxygen atoms in total. The van der Waals surface area contributed by atoms with E-state index in [0.29, 0.717) is 42.4 Å². The molecule has 0 bridgehead atoms. The summed E-state index contributed by atoms with van der Waals surface area (Å²) in [6.45, 7) is 4.05. The molecular weight excluding hydrogens is 421 g/mol. The number of nitrogens with zero attached hydrogens (tertiary/aromatic N) is 4. The van der Waals surface area contributed by atoms with Gasteiger partial charge >= 0.3 is 0 Å². The molecule has 1 amide bonds. The van der Waals surface area contributed by atoms with Gasteiger partial charge in [-0.05, 0) is 43.5 Å². The van der Waals surface area contributed by atoms with Crippen LogP contribution in [0.5, 0.6) is 0 Å². The lowest BCUT2D eigenvalue weighted by molar-refractivity contribution is -0.128. The first-order valence-corrected chi connectivity index (χ1v) is 11.6. The zero-order chi connectivity index (χ0) is 22.8. The van der Waals surface area contributed by atoms with Gasteiger partial charge in [0.15, 0.2) is 0 Å². The predicted molar refractivity (Wildman–Crippen MR) is 116 cm³/mol. The van der Waals surface area contributed by atoms with Gasteiger partial charge in [0, 0.05) is 46.1 Å². The number of carbonyl (C=O) groups is 1. The van der Waals surface area contributed by atoms with Crippen LogP contribution in [0.4, 0.5) is 10.2 Å². The van der Waals surface area contributed by atoms with Crippen molar-refractivity contribution in [2.24, 2.45) is 0 Å². The maximum absolute atomic E-state index is 13.5. The van der Waals surface area contributed by atoms with Gasteiger partial charge in [0.25, 0.3) is 0 Å². The Morgan fingerprint density at radius 1 is 1.32 bits per heavy atom. The second kappa shape index (κ2) is 9.27. The van der Waals surface area contributed by atoms with Gasteiger partial charge in [0.05, 0.1) is 17.1 Å². The lowest BCUT2D eigenvalue weighted by Crippen LogP contribution is -2.39. The minimum Gasteiger partial charge on any atom is -0.373 e. The summed E-state index contributed by atoms with van der Waals surface area (Å²) >= 11 is 0. The monoisotopic (exact) mass is 449 g/mol. The molecule has 2 heterocycles. The zero-order valence-electron chi connectivity index (χ0n) is 18.2. The van der Waals surface area contributed by atoms with E-state index in [9.17, 15) is 17.6 Å². The van der Waals surface area contributed by atoms with E-state index in [-0.39, 0.29) is 23.3 Å². The third-order valence-corrected chi connectivity index (χ3v) is 7.52. The van der Waals surface area contributed by atoms with Gasteiger partial charge in [-0.1, -0.05) is 0 Å². The zero-order valence-corrected chi connectivity index (χ0v) is 19.0. The van der Waals surface area contributed by atoms with E-state index in [4.69, 9.17) is 0 Å². The van der Waals surface area contributed by atoms with E-state index in [1.807, 2.05) is 0 Å². The standard InChI is InChI=1S/C21H28FN5O3S/c1-14-10-17(22)7-8-19(14)31(29,30)27-9-5-6-16(12-27)21-24-18(11-20(23-3)25-21)13-26(4)15(2)28/h7-8,10-11,16H,5-6,9,12-13H2,1-4H3,(H,23,24,25)/t16-/m1/s1. The van der Waals surface area contributed by atoms with Crippen molar-refractivity contribution in [3.8, 4) is 0 Å². The first-order chi connectivity index (χ1) is 14.6. The maximum atomic E-state index is 13.5. The number of halogens is 1. The molecule has 168 valence electrons. The summed E-state index contributed by atoms with van der Waals surface area (Å²) in [5.74, 6) is 0.448. The van der Waals surface area contributed by atoms with Crippen molar-refractivity contribution < 1.29 is 17.6 Å². The van der Waals surface area contributed by atoms with Crippen LogP contribution in [0, 0.1) is 12.7 Å². The molecule has 0 saturated carbocycles. The molecule has 1 aromatic carbocycles. The molecule has 31 heavy (non-hydrogen) atoms. The van der Waals surface area contributed by atoms with Crippen LogP contribution >= 0.6 is 0 Å². The Kier molecular flexibility index (Phi) is 6.90. The largest absolute Gasteiger partial charge is 0.373 e. The number of rotatable bonds is 6. The summed E-state index contributed by atoms with van der Waals surface area (Å²) in [6, 6.07) is 5.49. The fraction of sp³-hybridized carbons (Fsp3) is 0.476. The average molecular weight is 450 g/mol. The SMILES string of the molecule is CNc1cc(CN(C)C(C)=O)nc([C@@H]2CCCN(S(=O)(=O)c3ccc(F)cc3C)C2)n1. The van der Waals surface area contributed by atoms with Gasteiger partial charge in [-0.2, -0.15) is 4.31 Å². The molecule has 0 radical (unpaired) electrons. The normalized spacial score (nSPS) is 17.4. The molecule has 10 heteroatoms. The third-order valence-electron chi connectivity index (χ3n) is 5.49. The minimum absolute atomic E-state index is 0.0734. The van der Waals surface area contributed by atoms with E-state index in [1.54, 1.807) is 32.0 Å². The Hall–Kier alpha value is -2.59. The number of hydrogen-bond donors (Lipinski definition) is 1. The fourth-order valence-electron chi connectivity index (χ4n) is 3.68. The molecule has 0 spiro atoms. The second-order valence-electron chi connectivity index (χ2n) is 7.84. The molecule has 0 unspecified atom stereocenters. The first kappa shape index (κ1) is 23.1. The number of carbonyl (C=O) groups excluding carboxylic acids is 1. The van der Waals surface area contributed by atoms with Crippen molar-refractivity contribution in [1.82, 2.24) is 19.2 Å². The minimum atomic E-state index is -3.76. The lowest BCUT2D eigenvalue weighted by atomic mass is 9.98. The number of anilines is 1. The Balaban J connectivity index is 1.88. The molecule has 1 saturated heterocycles. The number of hydrogen-bond acceptors (Lipinski definition) is 6. The fourth-order valence-corrected chi connectivity index (χ4v) is 5.41. The molecule has 2 aromatic rings. The van der Waals surface area contributed by atoms with Crippen molar-refractivity contribution in [2.45, 2.75) is 44.0 Å². The maximum Gasteiger partial charge on any atom is 0.243 e. The number of aryl methyl sites for hydroxylation is 1. The van der Waals surface area contributed by atoms with Crippen molar-refractivity contribution in [1.29, 1.82) is 0 Å². The average Bonchev–Trinajstić information content (AvgIpc) is 2.73. The summed E-state index contributed by atoms with van der Waals surface area (Å²) in [7, 11) is -0.317. The van der Waals surface area contributed by atoms with Crippen LogP contribution in [-0.2, 0) is 21.4 Å². The molecular formula is C21H28FN5O3S. The number of sulfonamides is 1. The second-order valence-corrected chi connectivity index (χ2v) is 9.75. The smallest absolute Gasteiger partial charge is 0.243 e. The van der Waals surface area contributed by atoms with Crippen LogP contribution in [0.2, 0.25) is 0 Å². The molecule has 3 rings (SSSR count). The Morgan fingerprint density at radius 2 is 2.06 bits per heavy atom. The highest BCUT2D eigenvalue weighted by Gasteiger charge is 2.33. The van der Waals surface area contributed by atoms with Crippen LogP contribution in [0.3, 0.4) is 0 Å². The highest BCUT2D eigenvalue weighted by atomic mass is 32.2. The molecule has 0 aliphatic carbocycles. The Labute approximate surface area is 182 Å². The van der Waals surface area contributed by atoms with Gasteiger partial charge in [-0.3, -0.25) is 4.79 Å². The number of benzene rings is 1. The van der Waals surface area contributed by atoms with E-state index < -0.39 is 15.8 Å². The summed E-state index contributed by atoms with van der Waals surface area (Å²) < 4.78 is 41.3. The predicted octanol–water partition coefficient (Wildman–Crippen LogP) is 2.51. The molecule has 1 aliphatic rings. The van der Waals surface area contributed by atoms with E-state index in [0.717, 1.165) is 6.42 Å². The van der Waals surface area contributed by atoms with E-state index in [1.165, 1.54) is 29.4 Å². The van der Waals surface area contributed by atoms with Crippen LogP contribution < -0.4 is 5.32 Å². The van der Waals surface area contributed by atoms with Crippen molar-refractivity contribution in [3.05, 3.63) is 47.2 Å². The van der Waals surface area contributed by atoms with Crippen LogP contribution in [0.25, 0.3) is 0 Å². The van der Waals surface area contributed by atoms with Crippen molar-refractivity contribution in [2.75, 3.05) is 32.5 Å². The summed E-state index contributed by atoms with van der Waals surface area (Å²) in [4.78, 5) is 22.4. The molecule has 1 aliphatic heterocycles. The van der Waals surface area contributed by atoms with Crippen LogP contribution in [0.1, 0.15) is 42.8 Å². The third kappa shape index (κ3) is 5.19. The van der Waals surface area contributed by atoms with Gasteiger partial charge in [0.2, 0.25) is 15.9 Å².